The number of nitrogens with zero attached hydrogens (tertiary/aromatic N) is 1. The molecule has 0 saturated heterocycles. The van der Waals surface area contributed by atoms with Crippen molar-refractivity contribution in [1.29, 1.82) is 0 Å². The second-order valence-corrected chi connectivity index (χ2v) is 5.59. The van der Waals surface area contributed by atoms with Gasteiger partial charge in [0.2, 0.25) is 11.8 Å². The molecule has 0 atom stereocenters. The lowest BCUT2D eigenvalue weighted by atomic mass is 10.1. The molecule has 7 heteroatoms. The molecule has 2 rings (SSSR count). The van der Waals surface area contributed by atoms with Crippen molar-refractivity contribution in [2.45, 2.75) is 13.3 Å². The Bertz CT molecular complexity index is 832. The molecular weight excluding hydrogens is 334 g/mol. The molecule has 0 radical (unpaired) electrons. The molecule has 0 spiro atoms. The molecule has 0 aliphatic heterocycles. The minimum atomic E-state index is -0.519. The highest BCUT2D eigenvalue weighted by atomic mass is 16.6. The number of carbonyl (C=O) groups excluding carboxylic acids is 2. The van der Waals surface area contributed by atoms with Crippen LogP contribution in [0, 0.1) is 17.0 Å². The van der Waals surface area contributed by atoms with E-state index in [9.17, 15) is 19.7 Å². The van der Waals surface area contributed by atoms with Gasteiger partial charge >= 0.3 is 0 Å². The van der Waals surface area contributed by atoms with E-state index in [4.69, 9.17) is 0 Å². The number of benzene rings is 2. The highest BCUT2D eigenvalue weighted by molar-refractivity contribution is 5.94. The lowest BCUT2D eigenvalue weighted by molar-refractivity contribution is -0.384. The molecule has 0 aliphatic carbocycles. The molecule has 0 aromatic heterocycles. The van der Waals surface area contributed by atoms with E-state index < -0.39 is 4.92 Å². The smallest absolute Gasteiger partial charge is 0.271 e. The van der Waals surface area contributed by atoms with E-state index >= 15 is 0 Å². The Balaban J connectivity index is 1.80. The zero-order valence-electron chi connectivity index (χ0n) is 14.3. The molecular formula is C19H19N3O4. The van der Waals surface area contributed by atoms with Crippen molar-refractivity contribution >= 4 is 29.3 Å². The highest BCUT2D eigenvalue weighted by Crippen LogP contribution is 2.21. The lowest BCUT2D eigenvalue weighted by Gasteiger charge is -2.08. The lowest BCUT2D eigenvalue weighted by Crippen LogP contribution is -2.26. The van der Waals surface area contributed by atoms with E-state index in [0.29, 0.717) is 5.69 Å². The number of aryl methyl sites for hydroxylation is 1. The van der Waals surface area contributed by atoms with Crippen LogP contribution in [-0.2, 0) is 9.59 Å². The third-order valence-corrected chi connectivity index (χ3v) is 3.58. The van der Waals surface area contributed by atoms with Gasteiger partial charge in [-0.05, 0) is 24.1 Å². The van der Waals surface area contributed by atoms with Crippen LogP contribution in [0.4, 0.5) is 11.4 Å². The van der Waals surface area contributed by atoms with Crippen LogP contribution in [0.25, 0.3) is 6.08 Å². The van der Waals surface area contributed by atoms with Gasteiger partial charge in [-0.2, -0.15) is 0 Å². The number of rotatable bonds is 7. The van der Waals surface area contributed by atoms with E-state index in [1.165, 1.54) is 18.2 Å². The van der Waals surface area contributed by atoms with Gasteiger partial charge in [0, 0.05) is 31.2 Å². The SMILES string of the molecule is Cc1ccc([N+](=O)[O-])cc1NC(=O)CCNC(=O)C=Cc1ccccc1. The fraction of sp³-hybridized carbons (Fsp3) is 0.158. The number of amides is 2. The monoisotopic (exact) mass is 353 g/mol. The topological polar surface area (TPSA) is 101 Å². The molecule has 0 aliphatic rings. The molecule has 26 heavy (non-hydrogen) atoms. The van der Waals surface area contributed by atoms with Crippen molar-refractivity contribution in [1.82, 2.24) is 5.32 Å². The van der Waals surface area contributed by atoms with E-state index in [0.717, 1.165) is 11.1 Å². The van der Waals surface area contributed by atoms with Crippen molar-refractivity contribution in [2.24, 2.45) is 0 Å². The number of carbonyl (C=O) groups is 2. The summed E-state index contributed by atoms with van der Waals surface area (Å²) in [6.07, 6.45) is 3.15. The number of nitrogens with one attached hydrogen (secondary N) is 2. The number of nitro benzene ring substituents is 1. The van der Waals surface area contributed by atoms with Gasteiger partial charge in [-0.25, -0.2) is 0 Å². The zero-order valence-corrected chi connectivity index (χ0v) is 14.3. The molecule has 2 aromatic rings. The second-order valence-electron chi connectivity index (χ2n) is 5.59. The fourth-order valence-electron chi connectivity index (χ4n) is 2.17. The van der Waals surface area contributed by atoms with Crippen LogP contribution in [0.15, 0.2) is 54.6 Å². The number of anilines is 1. The average Bonchev–Trinajstić information content (AvgIpc) is 2.62. The fourth-order valence-corrected chi connectivity index (χ4v) is 2.17. The summed E-state index contributed by atoms with van der Waals surface area (Å²) in [5, 5.41) is 16.0. The third-order valence-electron chi connectivity index (χ3n) is 3.58. The van der Waals surface area contributed by atoms with Crippen LogP contribution in [0.3, 0.4) is 0 Å². The Labute approximate surface area is 150 Å². The van der Waals surface area contributed by atoms with E-state index in [1.54, 1.807) is 19.1 Å². The quantitative estimate of drug-likeness (QED) is 0.454. The molecule has 2 N–H and O–H groups in total. The predicted octanol–water partition coefficient (Wildman–Crippen LogP) is 3.06. The minimum absolute atomic E-state index is 0.0625. The summed E-state index contributed by atoms with van der Waals surface area (Å²) in [7, 11) is 0. The maximum atomic E-state index is 12.0. The molecule has 0 fully saturated rings. The van der Waals surface area contributed by atoms with E-state index in [1.807, 2.05) is 30.3 Å². The Kier molecular flexibility index (Phi) is 6.61. The molecule has 0 unspecified atom stereocenters. The summed E-state index contributed by atoms with van der Waals surface area (Å²) in [6.45, 7) is 1.91. The summed E-state index contributed by atoms with van der Waals surface area (Å²) < 4.78 is 0. The zero-order chi connectivity index (χ0) is 18.9. The molecule has 0 saturated carbocycles. The number of nitro groups is 1. The predicted molar refractivity (Wildman–Crippen MR) is 99.6 cm³/mol. The summed E-state index contributed by atoms with van der Waals surface area (Å²) in [6, 6.07) is 13.6. The second kappa shape index (κ2) is 9.12. The van der Waals surface area contributed by atoms with Gasteiger partial charge in [-0.3, -0.25) is 19.7 Å². The Morgan fingerprint density at radius 3 is 2.58 bits per heavy atom. The summed E-state index contributed by atoms with van der Waals surface area (Å²) in [5.74, 6) is -0.630. The Morgan fingerprint density at radius 1 is 1.15 bits per heavy atom. The van der Waals surface area contributed by atoms with Gasteiger partial charge in [-0.15, -0.1) is 0 Å². The van der Waals surface area contributed by atoms with Gasteiger partial charge in [0.15, 0.2) is 0 Å². The molecule has 2 amide bonds. The van der Waals surface area contributed by atoms with Crippen molar-refractivity contribution in [3.8, 4) is 0 Å². The van der Waals surface area contributed by atoms with Gasteiger partial charge in [0.25, 0.3) is 5.69 Å². The van der Waals surface area contributed by atoms with E-state index in [2.05, 4.69) is 10.6 Å². The first-order valence-electron chi connectivity index (χ1n) is 8.01. The first kappa shape index (κ1) is 18.9. The maximum absolute atomic E-state index is 12.0. The highest BCUT2D eigenvalue weighted by Gasteiger charge is 2.11. The van der Waals surface area contributed by atoms with E-state index in [-0.39, 0.29) is 30.5 Å². The van der Waals surface area contributed by atoms with Gasteiger partial charge in [0.05, 0.1) is 10.6 Å². The van der Waals surface area contributed by atoms with Crippen LogP contribution in [-0.4, -0.2) is 23.3 Å². The standard InChI is InChI=1S/C19H19N3O4/c1-14-7-9-16(22(25)26)13-17(14)21-19(24)11-12-20-18(23)10-8-15-5-3-2-4-6-15/h2-10,13H,11-12H2,1H3,(H,20,23)(H,21,24). The van der Waals surface area contributed by atoms with Crippen LogP contribution in [0.2, 0.25) is 0 Å². The van der Waals surface area contributed by atoms with Crippen molar-refractivity contribution in [2.75, 3.05) is 11.9 Å². The normalized spacial score (nSPS) is 10.5. The molecule has 0 bridgehead atoms. The number of hydrogen-bond donors (Lipinski definition) is 2. The van der Waals surface area contributed by atoms with Crippen molar-refractivity contribution in [3.05, 3.63) is 75.8 Å². The molecule has 134 valence electrons. The first-order valence-corrected chi connectivity index (χ1v) is 8.01. The third kappa shape index (κ3) is 5.86. The van der Waals surface area contributed by atoms with Crippen LogP contribution in [0.5, 0.6) is 0 Å². The van der Waals surface area contributed by atoms with Gasteiger partial charge < -0.3 is 10.6 Å². The Hall–Kier alpha value is -3.48. The van der Waals surface area contributed by atoms with Crippen LogP contribution in [0.1, 0.15) is 17.5 Å². The summed E-state index contributed by atoms with van der Waals surface area (Å²) in [4.78, 5) is 34.0. The summed E-state index contributed by atoms with van der Waals surface area (Å²) >= 11 is 0. The van der Waals surface area contributed by atoms with Crippen LogP contribution < -0.4 is 10.6 Å². The van der Waals surface area contributed by atoms with Gasteiger partial charge in [0.1, 0.15) is 0 Å². The maximum Gasteiger partial charge on any atom is 0.271 e. The largest absolute Gasteiger partial charge is 0.352 e. The van der Waals surface area contributed by atoms with Crippen LogP contribution >= 0.6 is 0 Å². The Morgan fingerprint density at radius 2 is 1.88 bits per heavy atom. The van der Waals surface area contributed by atoms with Crippen molar-refractivity contribution < 1.29 is 14.5 Å². The molecule has 0 heterocycles. The average molecular weight is 353 g/mol. The first-order chi connectivity index (χ1) is 12.5. The number of hydrogen-bond acceptors (Lipinski definition) is 4. The van der Waals surface area contributed by atoms with Gasteiger partial charge in [-0.1, -0.05) is 36.4 Å². The molecule has 7 nitrogen and oxygen atoms in total. The van der Waals surface area contributed by atoms with Crippen molar-refractivity contribution in [3.63, 3.8) is 0 Å². The summed E-state index contributed by atoms with van der Waals surface area (Å²) in [5.41, 5.74) is 1.92. The minimum Gasteiger partial charge on any atom is -0.352 e. The number of non-ortho nitro benzene ring substituents is 1. The molecule has 2 aromatic carbocycles.